The van der Waals surface area contributed by atoms with Crippen LogP contribution in [-0.4, -0.2) is 89.0 Å². The zero-order valence-corrected chi connectivity index (χ0v) is 27.5. The predicted molar refractivity (Wildman–Crippen MR) is 171 cm³/mol. The number of aromatic nitrogens is 2. The van der Waals surface area contributed by atoms with Gasteiger partial charge >= 0.3 is 0 Å². The van der Waals surface area contributed by atoms with Gasteiger partial charge in [-0.2, -0.15) is 4.39 Å². The minimum Gasteiger partial charge on any atom is -0.494 e. The fraction of sp³-hybridized carbons (Fsp3) is 0.455. The minimum absolute atomic E-state index is 0.00580. The Kier molecular flexibility index (Phi) is 9.69. The lowest BCUT2D eigenvalue weighted by atomic mass is 9.96. The number of imidazole rings is 1. The maximum absolute atomic E-state index is 14.9. The van der Waals surface area contributed by atoms with Crippen LogP contribution in [-0.2, 0) is 11.8 Å². The molecule has 2 aliphatic rings. The van der Waals surface area contributed by atoms with Gasteiger partial charge in [-0.1, -0.05) is 11.6 Å². The number of piperazine rings is 1. The summed E-state index contributed by atoms with van der Waals surface area (Å²) in [6, 6.07) is 7.49. The van der Waals surface area contributed by atoms with Crippen molar-refractivity contribution in [3.05, 3.63) is 64.6 Å². The van der Waals surface area contributed by atoms with Gasteiger partial charge in [-0.3, -0.25) is 14.4 Å². The molecule has 2 aliphatic heterocycles. The first-order valence-corrected chi connectivity index (χ1v) is 15.7. The quantitative estimate of drug-likeness (QED) is 0.411. The molecule has 5 rings (SSSR count). The molecule has 13 heteroatoms. The van der Waals surface area contributed by atoms with Crippen LogP contribution >= 0.6 is 11.6 Å². The van der Waals surface area contributed by atoms with Gasteiger partial charge in [0, 0.05) is 55.9 Å². The maximum Gasteiger partial charge on any atom is 0.294 e. The Balaban J connectivity index is 1.34. The Labute approximate surface area is 272 Å². The van der Waals surface area contributed by atoms with Crippen molar-refractivity contribution in [1.29, 1.82) is 0 Å². The number of nitrogens with one attached hydrogen (secondary N) is 1. The number of methoxy groups -OCH3 is 1. The Morgan fingerprint density at radius 2 is 1.65 bits per heavy atom. The highest BCUT2D eigenvalue weighted by Crippen LogP contribution is 2.33. The molecule has 46 heavy (non-hydrogen) atoms. The van der Waals surface area contributed by atoms with E-state index in [-0.39, 0.29) is 45.6 Å². The molecule has 2 saturated heterocycles. The molecule has 3 amide bonds. The zero-order valence-electron chi connectivity index (χ0n) is 26.7. The molecule has 0 bridgehead atoms. The highest BCUT2D eigenvalue weighted by atomic mass is 35.5. The van der Waals surface area contributed by atoms with E-state index in [0.29, 0.717) is 37.4 Å². The van der Waals surface area contributed by atoms with Gasteiger partial charge in [-0.15, -0.1) is 0 Å². The third-order valence-electron chi connectivity index (χ3n) is 8.60. The molecule has 2 aromatic carbocycles. The largest absolute Gasteiger partial charge is 0.494 e. The van der Waals surface area contributed by atoms with E-state index < -0.39 is 23.1 Å². The van der Waals surface area contributed by atoms with E-state index >= 15 is 0 Å². The molecule has 0 saturated carbocycles. The van der Waals surface area contributed by atoms with Crippen molar-refractivity contribution >= 4 is 35.0 Å². The number of nitrogens with zero attached hydrogens (tertiary/aromatic N) is 5. The van der Waals surface area contributed by atoms with Gasteiger partial charge < -0.3 is 29.3 Å². The van der Waals surface area contributed by atoms with E-state index in [1.165, 1.54) is 34.9 Å². The fourth-order valence-corrected chi connectivity index (χ4v) is 6.35. The van der Waals surface area contributed by atoms with Crippen LogP contribution in [0.15, 0.2) is 36.5 Å². The Morgan fingerprint density at radius 3 is 2.26 bits per heavy atom. The molecule has 2 fully saturated rings. The molecule has 0 aliphatic carbocycles. The van der Waals surface area contributed by atoms with Crippen molar-refractivity contribution in [2.45, 2.75) is 39.2 Å². The SMILES string of the molecule is COc1ccc(-c2cnc(C(=O)N(c3ccc(C(=O)N4CCN(C(=O)C5CCNCC5)CC4)c(Cl)c3)C(C)(C)C)n2C)c(F)c1F. The standard InChI is InChI=1S/C33H39ClF2N6O4/c1-33(2,3)42(32(45)29-38-19-25(39(29)4)23-8-9-26(46-5)28(36)27(23)35)21-6-7-22(24(34)18-21)31(44)41-16-14-40(15-17-41)30(43)20-10-12-37-13-11-20/h6-9,18-20,37H,10-17H2,1-5H3. The summed E-state index contributed by atoms with van der Waals surface area (Å²) in [5.41, 5.74) is 0.0981. The lowest BCUT2D eigenvalue weighted by Crippen LogP contribution is -2.52. The number of anilines is 1. The fourth-order valence-electron chi connectivity index (χ4n) is 6.10. The second-order valence-corrected chi connectivity index (χ2v) is 13.0. The first-order chi connectivity index (χ1) is 21.8. The maximum atomic E-state index is 14.9. The van der Waals surface area contributed by atoms with Crippen molar-refractivity contribution in [1.82, 2.24) is 24.7 Å². The summed E-state index contributed by atoms with van der Waals surface area (Å²) in [5, 5.41) is 3.45. The third-order valence-corrected chi connectivity index (χ3v) is 8.92. The second kappa shape index (κ2) is 13.4. The summed E-state index contributed by atoms with van der Waals surface area (Å²) in [4.78, 5) is 49.7. The van der Waals surface area contributed by atoms with Gasteiger partial charge in [0.25, 0.3) is 11.8 Å². The van der Waals surface area contributed by atoms with Crippen molar-refractivity contribution in [2.75, 3.05) is 51.3 Å². The van der Waals surface area contributed by atoms with E-state index in [1.807, 2.05) is 25.7 Å². The summed E-state index contributed by atoms with van der Waals surface area (Å²) in [7, 11) is 2.79. The molecule has 246 valence electrons. The molecule has 0 radical (unpaired) electrons. The van der Waals surface area contributed by atoms with Crippen molar-refractivity contribution in [3.8, 4) is 17.0 Å². The topological polar surface area (TPSA) is 100 Å². The average Bonchev–Trinajstić information content (AvgIpc) is 3.42. The van der Waals surface area contributed by atoms with Gasteiger partial charge in [0.1, 0.15) is 0 Å². The van der Waals surface area contributed by atoms with Crippen molar-refractivity contribution in [3.63, 3.8) is 0 Å². The average molecular weight is 657 g/mol. The van der Waals surface area contributed by atoms with Crippen molar-refractivity contribution < 1.29 is 27.9 Å². The highest BCUT2D eigenvalue weighted by molar-refractivity contribution is 6.34. The Morgan fingerprint density at radius 1 is 1.00 bits per heavy atom. The first kappa shape index (κ1) is 33.3. The monoisotopic (exact) mass is 656 g/mol. The molecule has 0 unspecified atom stereocenters. The van der Waals surface area contributed by atoms with Gasteiger partial charge in [0.2, 0.25) is 11.7 Å². The molecule has 3 aromatic rings. The Hall–Kier alpha value is -4.03. The summed E-state index contributed by atoms with van der Waals surface area (Å²) in [6.07, 6.45) is 2.97. The smallest absolute Gasteiger partial charge is 0.294 e. The van der Waals surface area contributed by atoms with E-state index in [2.05, 4.69) is 10.3 Å². The van der Waals surface area contributed by atoms with E-state index in [1.54, 1.807) is 30.1 Å². The van der Waals surface area contributed by atoms with Gasteiger partial charge in [0.05, 0.1) is 29.6 Å². The molecule has 1 N–H and O–H groups in total. The summed E-state index contributed by atoms with van der Waals surface area (Å²) in [6.45, 7) is 8.94. The lowest BCUT2D eigenvalue weighted by molar-refractivity contribution is -0.137. The van der Waals surface area contributed by atoms with Crippen molar-refractivity contribution in [2.24, 2.45) is 13.0 Å². The summed E-state index contributed by atoms with van der Waals surface area (Å²) >= 11 is 6.68. The normalized spacial score (nSPS) is 16.0. The van der Waals surface area contributed by atoms with Crippen LogP contribution in [0.25, 0.3) is 11.3 Å². The predicted octanol–water partition coefficient (Wildman–Crippen LogP) is 4.76. The molecule has 10 nitrogen and oxygen atoms in total. The lowest BCUT2D eigenvalue weighted by Gasteiger charge is -2.37. The molecule has 3 heterocycles. The second-order valence-electron chi connectivity index (χ2n) is 12.6. The molecular formula is C33H39ClF2N6O4. The molecular weight excluding hydrogens is 618 g/mol. The first-order valence-electron chi connectivity index (χ1n) is 15.3. The van der Waals surface area contributed by atoms with E-state index in [9.17, 15) is 23.2 Å². The van der Waals surface area contributed by atoms with Crippen LogP contribution in [0.4, 0.5) is 14.5 Å². The van der Waals surface area contributed by atoms with E-state index in [0.717, 1.165) is 25.9 Å². The van der Waals surface area contributed by atoms with Gasteiger partial charge in [-0.25, -0.2) is 9.37 Å². The number of benzene rings is 2. The summed E-state index contributed by atoms with van der Waals surface area (Å²) in [5.74, 6) is -3.05. The number of rotatable bonds is 6. The number of halogens is 3. The number of ether oxygens (including phenoxy) is 1. The van der Waals surface area contributed by atoms with Crippen LogP contribution < -0.4 is 15.0 Å². The van der Waals surface area contributed by atoms with Crippen LogP contribution in [0.5, 0.6) is 5.75 Å². The van der Waals surface area contributed by atoms with Crippen LogP contribution in [0.3, 0.4) is 0 Å². The number of hydrogen-bond donors (Lipinski definition) is 1. The molecule has 0 atom stereocenters. The Bertz CT molecular complexity index is 1640. The van der Waals surface area contributed by atoms with Crippen LogP contribution in [0.2, 0.25) is 5.02 Å². The molecule has 1 aromatic heterocycles. The van der Waals surface area contributed by atoms with Gasteiger partial charge in [-0.05, 0) is 77.0 Å². The number of amides is 3. The van der Waals surface area contributed by atoms with Crippen LogP contribution in [0.1, 0.15) is 54.6 Å². The number of carbonyl (C=O) groups excluding carboxylic acids is 3. The third kappa shape index (κ3) is 6.46. The van der Waals surface area contributed by atoms with E-state index in [4.69, 9.17) is 16.3 Å². The minimum atomic E-state index is -1.14. The number of hydrogen-bond acceptors (Lipinski definition) is 6. The zero-order chi connectivity index (χ0) is 33.3. The number of piperidine rings is 1. The summed E-state index contributed by atoms with van der Waals surface area (Å²) < 4.78 is 35.6. The number of carbonyl (C=O) groups is 3. The highest BCUT2D eigenvalue weighted by Gasteiger charge is 2.34. The van der Waals surface area contributed by atoms with Crippen LogP contribution in [0, 0.1) is 17.6 Å². The van der Waals surface area contributed by atoms with Gasteiger partial charge in [0.15, 0.2) is 17.4 Å². The molecule has 0 spiro atoms.